The van der Waals surface area contributed by atoms with Gasteiger partial charge in [0.15, 0.2) is 0 Å². The van der Waals surface area contributed by atoms with Crippen molar-refractivity contribution >= 4 is 49.4 Å². The number of hydrogen-bond donors (Lipinski definition) is 0. The average Bonchev–Trinajstić information content (AvgIpc) is 3.81. The fourth-order valence-electron chi connectivity index (χ4n) is 11.1. The Balaban J connectivity index is 1.11. The molecule has 2 aliphatic carbocycles. The second kappa shape index (κ2) is 13.5. The summed E-state index contributed by atoms with van der Waals surface area (Å²) in [5, 5.41) is 7.60. The zero-order chi connectivity index (χ0) is 40.8. The van der Waals surface area contributed by atoms with Crippen molar-refractivity contribution in [3.05, 3.63) is 259 Å². The second-order valence-electron chi connectivity index (χ2n) is 16.7. The quantitative estimate of drug-likeness (QED) is 0.157. The number of fused-ring (bicyclic) bond motifs is 16. The van der Waals surface area contributed by atoms with E-state index in [2.05, 4.69) is 241 Å². The molecule has 2 aliphatic rings. The Morgan fingerprint density at radius 2 is 0.677 bits per heavy atom. The number of para-hydroxylation sites is 1. The van der Waals surface area contributed by atoms with Crippen LogP contribution in [0.5, 0.6) is 0 Å². The van der Waals surface area contributed by atoms with E-state index in [1.165, 1.54) is 99.1 Å². The molecule has 13 rings (SSSR count). The van der Waals surface area contributed by atoms with E-state index in [-0.39, 0.29) is 0 Å². The third-order valence-electron chi connectivity index (χ3n) is 13.7. The van der Waals surface area contributed by atoms with Crippen molar-refractivity contribution in [3.63, 3.8) is 0 Å². The van der Waals surface area contributed by atoms with E-state index in [1.807, 2.05) is 0 Å². The molecular weight excluding hydrogens is 747 g/mol. The maximum atomic E-state index is 2.51. The van der Waals surface area contributed by atoms with Gasteiger partial charge in [-0.3, -0.25) is 0 Å². The first-order valence-electron chi connectivity index (χ1n) is 21.6. The molecular formula is C61H39N. The van der Waals surface area contributed by atoms with Gasteiger partial charge in [0, 0.05) is 16.9 Å². The van der Waals surface area contributed by atoms with Crippen LogP contribution in [0.2, 0.25) is 0 Å². The molecule has 0 amide bonds. The monoisotopic (exact) mass is 785 g/mol. The molecule has 0 saturated heterocycles. The van der Waals surface area contributed by atoms with E-state index in [9.17, 15) is 0 Å². The summed E-state index contributed by atoms with van der Waals surface area (Å²) in [7, 11) is 0. The number of rotatable bonds is 5. The van der Waals surface area contributed by atoms with Crippen LogP contribution in [-0.2, 0) is 5.41 Å². The van der Waals surface area contributed by atoms with Crippen LogP contribution < -0.4 is 4.90 Å². The zero-order valence-electron chi connectivity index (χ0n) is 34.0. The smallest absolute Gasteiger partial charge is 0.0726 e. The highest BCUT2D eigenvalue weighted by Gasteiger charge is 2.52. The summed E-state index contributed by atoms with van der Waals surface area (Å²) in [4.78, 5) is 2.50. The minimum atomic E-state index is -0.512. The summed E-state index contributed by atoms with van der Waals surface area (Å²) in [6.07, 6.45) is 0. The van der Waals surface area contributed by atoms with Gasteiger partial charge in [0.1, 0.15) is 0 Å². The number of benzene rings is 11. The largest absolute Gasteiger partial charge is 0.310 e. The molecule has 0 aliphatic heterocycles. The van der Waals surface area contributed by atoms with E-state index in [1.54, 1.807) is 0 Å². The fraction of sp³-hybridized carbons (Fsp3) is 0.0164. The van der Waals surface area contributed by atoms with E-state index < -0.39 is 5.41 Å². The molecule has 0 aromatic heterocycles. The van der Waals surface area contributed by atoms with Crippen LogP contribution >= 0.6 is 0 Å². The minimum Gasteiger partial charge on any atom is -0.310 e. The van der Waals surface area contributed by atoms with Gasteiger partial charge >= 0.3 is 0 Å². The maximum absolute atomic E-state index is 2.51. The highest BCUT2D eigenvalue weighted by Crippen LogP contribution is 2.64. The van der Waals surface area contributed by atoms with Crippen LogP contribution in [0.3, 0.4) is 0 Å². The van der Waals surface area contributed by atoms with Crippen molar-refractivity contribution in [2.45, 2.75) is 5.41 Å². The molecule has 1 heteroatoms. The Morgan fingerprint density at radius 3 is 1.32 bits per heavy atom. The van der Waals surface area contributed by atoms with Crippen molar-refractivity contribution in [2.75, 3.05) is 4.90 Å². The molecule has 0 radical (unpaired) electrons. The summed E-state index contributed by atoms with van der Waals surface area (Å²) in [6.45, 7) is 0. The van der Waals surface area contributed by atoms with Crippen LogP contribution in [0.25, 0.3) is 76.8 Å². The van der Waals surface area contributed by atoms with Gasteiger partial charge < -0.3 is 4.90 Å². The standard InChI is InChI=1S/C61H39N/c1-3-17-40(18-4-1)42-31-34-53-54-36-33-44(39-59(54)61(58(53)37-42)56-28-14-11-26-51(56)52-27-12-15-29-57(52)61)62(60-30-16-13-21-45(60)41-19-5-2-6-20-41)43-32-35-50-48-24-8-7-22-46(48)47-23-9-10-25-49(47)55(50)38-43/h1-39H. The van der Waals surface area contributed by atoms with Crippen LogP contribution in [0, 0.1) is 0 Å². The SMILES string of the molecule is c1ccc(-c2ccc3c(c2)C2(c4ccccc4-c4ccccc42)c2cc(N(c4ccc5c6ccccc6c6ccccc6c5c4)c4ccccc4-c4ccccc4)ccc2-3)cc1. The van der Waals surface area contributed by atoms with E-state index in [0.29, 0.717) is 0 Å². The third kappa shape index (κ3) is 4.91. The molecule has 0 bridgehead atoms. The molecule has 0 atom stereocenters. The highest BCUT2D eigenvalue weighted by atomic mass is 15.1. The predicted molar refractivity (Wildman–Crippen MR) is 261 cm³/mol. The Bertz CT molecular complexity index is 3500. The summed E-state index contributed by atoms with van der Waals surface area (Å²) >= 11 is 0. The molecule has 0 heterocycles. The molecule has 62 heavy (non-hydrogen) atoms. The van der Waals surface area contributed by atoms with Crippen molar-refractivity contribution in [3.8, 4) is 44.5 Å². The van der Waals surface area contributed by atoms with Gasteiger partial charge in [0.2, 0.25) is 0 Å². The molecule has 0 saturated carbocycles. The molecule has 0 fully saturated rings. The number of nitrogens with zero attached hydrogens (tertiary/aromatic N) is 1. The maximum Gasteiger partial charge on any atom is 0.0726 e. The second-order valence-corrected chi connectivity index (χ2v) is 16.7. The molecule has 0 unspecified atom stereocenters. The Hall–Kier alpha value is -8.00. The first kappa shape index (κ1) is 34.8. The van der Waals surface area contributed by atoms with Gasteiger partial charge in [-0.1, -0.05) is 200 Å². The summed E-state index contributed by atoms with van der Waals surface area (Å²) < 4.78 is 0. The lowest BCUT2D eigenvalue weighted by Gasteiger charge is -2.33. The van der Waals surface area contributed by atoms with Crippen molar-refractivity contribution in [1.82, 2.24) is 0 Å². The Labute approximate surface area is 361 Å². The lowest BCUT2D eigenvalue weighted by atomic mass is 9.70. The number of anilines is 3. The molecule has 288 valence electrons. The topological polar surface area (TPSA) is 3.24 Å². The third-order valence-corrected chi connectivity index (χ3v) is 13.7. The lowest BCUT2D eigenvalue weighted by molar-refractivity contribution is 0.794. The van der Waals surface area contributed by atoms with Crippen molar-refractivity contribution in [2.24, 2.45) is 0 Å². The molecule has 11 aromatic carbocycles. The van der Waals surface area contributed by atoms with E-state index >= 15 is 0 Å². The number of hydrogen-bond acceptors (Lipinski definition) is 1. The first-order chi connectivity index (χ1) is 30.8. The van der Waals surface area contributed by atoms with Gasteiger partial charge in [-0.15, -0.1) is 0 Å². The Morgan fingerprint density at radius 1 is 0.242 bits per heavy atom. The summed E-state index contributed by atoms with van der Waals surface area (Å²) in [6, 6.07) is 88.0. The highest BCUT2D eigenvalue weighted by molar-refractivity contribution is 6.26. The van der Waals surface area contributed by atoms with Crippen molar-refractivity contribution < 1.29 is 0 Å². The minimum absolute atomic E-state index is 0.512. The predicted octanol–water partition coefficient (Wildman–Crippen LogP) is 16.3. The first-order valence-corrected chi connectivity index (χ1v) is 21.6. The van der Waals surface area contributed by atoms with Gasteiger partial charge in [0.25, 0.3) is 0 Å². The molecule has 0 N–H and O–H groups in total. The lowest BCUT2D eigenvalue weighted by Crippen LogP contribution is -2.26. The normalized spacial score (nSPS) is 13.0. The molecule has 11 aromatic rings. The van der Waals surface area contributed by atoms with E-state index in [4.69, 9.17) is 0 Å². The van der Waals surface area contributed by atoms with Crippen LogP contribution in [0.15, 0.2) is 237 Å². The van der Waals surface area contributed by atoms with Gasteiger partial charge in [-0.2, -0.15) is 0 Å². The van der Waals surface area contributed by atoms with Crippen molar-refractivity contribution in [1.29, 1.82) is 0 Å². The Kier molecular flexibility index (Phi) is 7.59. The van der Waals surface area contributed by atoms with Crippen LogP contribution in [0.4, 0.5) is 17.1 Å². The molecule has 1 spiro atoms. The van der Waals surface area contributed by atoms with E-state index in [0.717, 1.165) is 17.1 Å². The van der Waals surface area contributed by atoms with Gasteiger partial charge in [-0.25, -0.2) is 0 Å². The molecule has 1 nitrogen and oxygen atoms in total. The van der Waals surface area contributed by atoms with Crippen LogP contribution in [-0.4, -0.2) is 0 Å². The summed E-state index contributed by atoms with van der Waals surface area (Å²) in [5.74, 6) is 0. The van der Waals surface area contributed by atoms with Crippen LogP contribution in [0.1, 0.15) is 22.3 Å². The fourth-order valence-corrected chi connectivity index (χ4v) is 11.1. The summed E-state index contributed by atoms with van der Waals surface area (Å²) in [5.41, 5.74) is 18.2. The van der Waals surface area contributed by atoms with Gasteiger partial charge in [0.05, 0.1) is 11.1 Å². The van der Waals surface area contributed by atoms with Gasteiger partial charge in [-0.05, 0) is 130 Å². The zero-order valence-corrected chi connectivity index (χ0v) is 34.0. The average molecular weight is 786 g/mol.